The molecule has 1 fully saturated rings. The number of aliphatic carboxylic acids is 1. The number of benzene rings is 2. The molecule has 3 atom stereocenters. The molecule has 160 valence electrons. The highest BCUT2D eigenvalue weighted by Crippen LogP contribution is 2.46. The largest absolute Gasteiger partial charge is 0.482 e. The lowest BCUT2D eigenvalue weighted by molar-refractivity contribution is -0.139. The van der Waals surface area contributed by atoms with Crippen molar-refractivity contribution < 1.29 is 28.6 Å². The summed E-state index contributed by atoms with van der Waals surface area (Å²) >= 11 is 3.44. The average molecular weight is 480 g/mol. The van der Waals surface area contributed by atoms with Gasteiger partial charge in [-0.05, 0) is 42.8 Å². The van der Waals surface area contributed by atoms with Crippen LogP contribution in [0.4, 0.5) is 4.39 Å². The highest BCUT2D eigenvalue weighted by atomic mass is 79.9. The van der Waals surface area contributed by atoms with Crippen LogP contribution < -0.4 is 10.1 Å². The van der Waals surface area contributed by atoms with Gasteiger partial charge in [0.25, 0.3) is 0 Å². The van der Waals surface area contributed by atoms with E-state index in [2.05, 4.69) is 21.2 Å². The van der Waals surface area contributed by atoms with E-state index >= 15 is 0 Å². The molecule has 30 heavy (non-hydrogen) atoms. The summed E-state index contributed by atoms with van der Waals surface area (Å²) in [4.78, 5) is 22.8. The molecular weight excluding hydrogens is 457 g/mol. The predicted octanol–water partition coefficient (Wildman–Crippen LogP) is 4.54. The zero-order valence-corrected chi connectivity index (χ0v) is 18.2. The molecule has 0 bridgehead atoms. The quantitative estimate of drug-likeness (QED) is 0.635. The van der Waals surface area contributed by atoms with Gasteiger partial charge in [-0.1, -0.05) is 28.1 Å². The lowest BCUT2D eigenvalue weighted by atomic mass is 9.81. The van der Waals surface area contributed by atoms with Gasteiger partial charge in [0.05, 0.1) is 12.2 Å². The van der Waals surface area contributed by atoms with E-state index in [-0.39, 0.29) is 11.7 Å². The van der Waals surface area contributed by atoms with Crippen molar-refractivity contribution in [2.45, 2.75) is 44.4 Å². The molecule has 0 spiro atoms. The SMILES string of the molecule is CC(=O)N[C@@]1(C)C[C@@H](c2ccc(F)cc2)O[C@@H](c2cc(Br)ccc2OCC(=O)O)C1. The number of halogens is 2. The molecule has 2 N–H and O–H groups in total. The van der Waals surface area contributed by atoms with Crippen molar-refractivity contribution in [2.24, 2.45) is 0 Å². The van der Waals surface area contributed by atoms with Crippen LogP contribution in [0.15, 0.2) is 46.9 Å². The Morgan fingerprint density at radius 2 is 1.90 bits per heavy atom. The van der Waals surface area contributed by atoms with Gasteiger partial charge in [0.1, 0.15) is 11.6 Å². The number of hydrogen-bond acceptors (Lipinski definition) is 4. The van der Waals surface area contributed by atoms with E-state index < -0.39 is 30.3 Å². The summed E-state index contributed by atoms with van der Waals surface area (Å²) in [5.74, 6) is -1.18. The second-order valence-electron chi connectivity index (χ2n) is 7.68. The molecule has 0 saturated carbocycles. The highest BCUT2D eigenvalue weighted by Gasteiger charge is 2.40. The maximum Gasteiger partial charge on any atom is 0.341 e. The Morgan fingerprint density at radius 1 is 1.23 bits per heavy atom. The molecule has 2 aromatic rings. The maximum absolute atomic E-state index is 13.4. The van der Waals surface area contributed by atoms with Crippen molar-refractivity contribution in [3.05, 3.63) is 63.9 Å². The molecule has 0 radical (unpaired) electrons. The molecule has 0 aromatic heterocycles. The van der Waals surface area contributed by atoms with Crippen LogP contribution in [0.5, 0.6) is 5.75 Å². The third kappa shape index (κ3) is 5.58. The van der Waals surface area contributed by atoms with Gasteiger partial charge < -0.3 is 19.9 Å². The van der Waals surface area contributed by atoms with Gasteiger partial charge in [0, 0.05) is 35.3 Å². The first kappa shape index (κ1) is 22.2. The van der Waals surface area contributed by atoms with Gasteiger partial charge >= 0.3 is 5.97 Å². The number of ether oxygens (including phenoxy) is 2. The highest BCUT2D eigenvalue weighted by molar-refractivity contribution is 9.10. The molecule has 1 amide bonds. The lowest BCUT2D eigenvalue weighted by Crippen LogP contribution is -2.50. The molecule has 2 aromatic carbocycles. The number of carbonyl (C=O) groups excluding carboxylic acids is 1. The molecule has 0 aliphatic carbocycles. The minimum absolute atomic E-state index is 0.160. The average Bonchev–Trinajstić information content (AvgIpc) is 2.66. The van der Waals surface area contributed by atoms with Crippen LogP contribution in [0.2, 0.25) is 0 Å². The minimum atomic E-state index is -1.08. The number of hydrogen-bond donors (Lipinski definition) is 2. The second-order valence-corrected chi connectivity index (χ2v) is 8.60. The van der Waals surface area contributed by atoms with E-state index in [0.717, 1.165) is 10.0 Å². The molecule has 0 unspecified atom stereocenters. The van der Waals surface area contributed by atoms with Crippen molar-refractivity contribution in [1.29, 1.82) is 0 Å². The van der Waals surface area contributed by atoms with Crippen molar-refractivity contribution in [2.75, 3.05) is 6.61 Å². The smallest absolute Gasteiger partial charge is 0.341 e. The van der Waals surface area contributed by atoms with Crippen molar-refractivity contribution >= 4 is 27.8 Å². The summed E-state index contributed by atoms with van der Waals surface area (Å²) in [6, 6.07) is 11.3. The van der Waals surface area contributed by atoms with E-state index in [4.69, 9.17) is 14.6 Å². The molecule has 1 heterocycles. The van der Waals surface area contributed by atoms with Gasteiger partial charge in [0.15, 0.2) is 6.61 Å². The third-order valence-corrected chi connectivity index (χ3v) is 5.48. The number of rotatable bonds is 6. The first-order chi connectivity index (χ1) is 14.1. The minimum Gasteiger partial charge on any atom is -0.482 e. The molecular formula is C22H23BrFNO5. The summed E-state index contributed by atoms with van der Waals surface area (Å²) in [5.41, 5.74) is 0.884. The topological polar surface area (TPSA) is 84.9 Å². The van der Waals surface area contributed by atoms with E-state index in [9.17, 15) is 14.0 Å². The molecule has 1 saturated heterocycles. The van der Waals surface area contributed by atoms with Crippen LogP contribution in [0.1, 0.15) is 50.0 Å². The monoisotopic (exact) mass is 479 g/mol. The van der Waals surface area contributed by atoms with E-state index in [0.29, 0.717) is 24.2 Å². The fourth-order valence-corrected chi connectivity index (χ4v) is 4.20. The van der Waals surface area contributed by atoms with Crippen LogP contribution in [0, 0.1) is 5.82 Å². The van der Waals surface area contributed by atoms with Crippen LogP contribution in [0.25, 0.3) is 0 Å². The normalized spacial score (nSPS) is 23.6. The Labute approximate surface area is 182 Å². The molecule has 8 heteroatoms. The summed E-state index contributed by atoms with van der Waals surface area (Å²) in [6.45, 7) is 2.92. The summed E-state index contributed by atoms with van der Waals surface area (Å²) in [6.07, 6.45) is 0.0949. The zero-order chi connectivity index (χ0) is 21.9. The second kappa shape index (κ2) is 9.14. The molecule has 6 nitrogen and oxygen atoms in total. The van der Waals surface area contributed by atoms with Crippen LogP contribution >= 0.6 is 15.9 Å². The number of amides is 1. The van der Waals surface area contributed by atoms with Crippen molar-refractivity contribution in [1.82, 2.24) is 5.32 Å². The first-order valence-electron chi connectivity index (χ1n) is 9.49. The van der Waals surface area contributed by atoms with E-state index in [1.54, 1.807) is 24.3 Å². The van der Waals surface area contributed by atoms with Crippen LogP contribution in [0.3, 0.4) is 0 Å². The Balaban J connectivity index is 1.98. The standard InChI is InChI=1S/C22H23BrFNO5/c1-13(26)25-22(2)10-19(14-3-6-16(24)7-4-14)30-20(11-22)17-9-15(23)5-8-18(17)29-12-21(27)28/h3-9,19-20H,10-12H2,1-2H3,(H,25,26)(H,27,28)/t19-,20+,22-/m0/s1. The fraction of sp³-hybridized carbons (Fsp3) is 0.364. The van der Waals surface area contributed by atoms with Gasteiger partial charge in [-0.3, -0.25) is 4.79 Å². The number of carboxylic acid groups (broad SMARTS) is 1. The van der Waals surface area contributed by atoms with Gasteiger partial charge in [0.2, 0.25) is 5.91 Å². The number of carboxylic acids is 1. The Morgan fingerprint density at radius 3 is 2.53 bits per heavy atom. The lowest BCUT2D eigenvalue weighted by Gasteiger charge is -2.43. The van der Waals surface area contributed by atoms with Crippen LogP contribution in [-0.2, 0) is 14.3 Å². The maximum atomic E-state index is 13.4. The fourth-order valence-electron chi connectivity index (χ4n) is 3.82. The van der Waals surface area contributed by atoms with Crippen molar-refractivity contribution in [3.63, 3.8) is 0 Å². The van der Waals surface area contributed by atoms with Gasteiger partial charge in [-0.2, -0.15) is 0 Å². The van der Waals surface area contributed by atoms with E-state index in [1.807, 2.05) is 13.0 Å². The predicted molar refractivity (Wildman–Crippen MR) is 112 cm³/mol. The summed E-state index contributed by atoms with van der Waals surface area (Å²) in [5, 5.41) is 12.0. The Bertz CT molecular complexity index is 936. The third-order valence-electron chi connectivity index (χ3n) is 4.99. The van der Waals surface area contributed by atoms with Crippen LogP contribution in [-0.4, -0.2) is 29.1 Å². The summed E-state index contributed by atoms with van der Waals surface area (Å²) in [7, 11) is 0. The summed E-state index contributed by atoms with van der Waals surface area (Å²) < 4.78 is 26.0. The Hall–Kier alpha value is -2.45. The van der Waals surface area contributed by atoms with E-state index in [1.165, 1.54) is 19.1 Å². The van der Waals surface area contributed by atoms with Gasteiger partial charge in [-0.15, -0.1) is 0 Å². The van der Waals surface area contributed by atoms with Crippen molar-refractivity contribution in [3.8, 4) is 5.75 Å². The molecule has 1 aliphatic heterocycles. The number of carbonyl (C=O) groups is 2. The van der Waals surface area contributed by atoms with Gasteiger partial charge in [-0.25, -0.2) is 9.18 Å². The molecule has 1 aliphatic rings. The number of nitrogens with one attached hydrogen (secondary N) is 1. The zero-order valence-electron chi connectivity index (χ0n) is 16.7. The Kier molecular flexibility index (Phi) is 6.77. The molecule has 3 rings (SSSR count). The first-order valence-corrected chi connectivity index (χ1v) is 10.3.